The molecule has 17 heavy (non-hydrogen) atoms. The molecule has 0 heterocycles. The second-order valence-electron chi connectivity index (χ2n) is 4.15. The van der Waals surface area contributed by atoms with Crippen LogP contribution in [-0.2, 0) is 6.42 Å². The molecular weight excluding hydrogens is 224 g/mol. The van der Waals surface area contributed by atoms with Crippen LogP contribution in [0.2, 0.25) is 0 Å². The van der Waals surface area contributed by atoms with E-state index in [1.165, 1.54) is 6.07 Å². The molecule has 0 aliphatic rings. The van der Waals surface area contributed by atoms with Gasteiger partial charge in [0.25, 0.3) is 0 Å². The predicted molar refractivity (Wildman–Crippen MR) is 63.8 cm³/mol. The molecule has 1 atom stereocenters. The smallest absolute Gasteiger partial charge is 0.126 e. The molecule has 2 N–H and O–H groups in total. The lowest BCUT2D eigenvalue weighted by Gasteiger charge is -2.12. The Hall–Kier alpha value is -1.00. The minimum atomic E-state index is -0.414. The first-order valence-electron chi connectivity index (χ1n) is 5.92. The summed E-state index contributed by atoms with van der Waals surface area (Å²) in [7, 11) is 0. The minimum absolute atomic E-state index is 0.151. The maximum atomic E-state index is 13.3. The third-order valence-electron chi connectivity index (χ3n) is 2.85. The summed E-state index contributed by atoms with van der Waals surface area (Å²) in [5.41, 5.74) is 0.384. The molecule has 0 aliphatic carbocycles. The van der Waals surface area contributed by atoms with Gasteiger partial charge in [-0.3, -0.25) is 0 Å². The fourth-order valence-electron chi connectivity index (χ4n) is 1.60. The minimum Gasteiger partial charge on any atom is -0.396 e. The molecule has 0 aliphatic heterocycles. The fourth-order valence-corrected chi connectivity index (χ4v) is 1.60. The van der Waals surface area contributed by atoms with Gasteiger partial charge in [-0.25, -0.2) is 8.78 Å². The summed E-state index contributed by atoms with van der Waals surface area (Å²) in [6, 6.07) is 3.48. The average Bonchev–Trinajstić information content (AvgIpc) is 2.33. The summed E-state index contributed by atoms with van der Waals surface area (Å²) in [4.78, 5) is 0. The summed E-state index contributed by atoms with van der Waals surface area (Å²) < 4.78 is 26.1. The van der Waals surface area contributed by atoms with Gasteiger partial charge in [-0.1, -0.05) is 6.92 Å². The van der Waals surface area contributed by atoms with Gasteiger partial charge in [0.05, 0.1) is 0 Å². The van der Waals surface area contributed by atoms with Crippen molar-refractivity contribution in [2.45, 2.75) is 19.8 Å². The lowest BCUT2D eigenvalue weighted by molar-refractivity contribution is 0.219. The van der Waals surface area contributed by atoms with Gasteiger partial charge >= 0.3 is 0 Å². The highest BCUT2D eigenvalue weighted by Gasteiger charge is 2.05. The molecule has 0 amide bonds. The van der Waals surface area contributed by atoms with Gasteiger partial charge in [0.2, 0.25) is 0 Å². The standard InChI is InChI=1S/C13H19F2NO/c1-2-10(9-17)8-16-6-5-11-7-12(14)3-4-13(11)15/h3-4,7,10,16-17H,2,5-6,8-9H2,1H3. The van der Waals surface area contributed by atoms with Crippen molar-refractivity contribution in [1.29, 1.82) is 0 Å². The highest BCUT2D eigenvalue weighted by atomic mass is 19.1. The van der Waals surface area contributed by atoms with E-state index in [0.29, 0.717) is 25.1 Å². The Labute approximate surface area is 101 Å². The zero-order valence-electron chi connectivity index (χ0n) is 10.0. The van der Waals surface area contributed by atoms with Gasteiger partial charge in [-0.15, -0.1) is 0 Å². The van der Waals surface area contributed by atoms with Crippen LogP contribution >= 0.6 is 0 Å². The van der Waals surface area contributed by atoms with Crippen molar-refractivity contribution in [1.82, 2.24) is 5.32 Å². The maximum absolute atomic E-state index is 13.3. The van der Waals surface area contributed by atoms with Crippen LogP contribution in [0.3, 0.4) is 0 Å². The summed E-state index contributed by atoms with van der Waals surface area (Å²) in [5.74, 6) is -0.557. The Morgan fingerprint density at radius 3 is 2.76 bits per heavy atom. The number of hydrogen-bond acceptors (Lipinski definition) is 2. The number of rotatable bonds is 7. The molecular formula is C13H19F2NO. The summed E-state index contributed by atoms with van der Waals surface area (Å²) >= 11 is 0. The summed E-state index contributed by atoms with van der Waals surface area (Å²) in [5, 5.41) is 12.1. The van der Waals surface area contributed by atoms with Crippen molar-refractivity contribution >= 4 is 0 Å². The van der Waals surface area contributed by atoms with Gasteiger partial charge in [-0.05, 0) is 49.1 Å². The second-order valence-corrected chi connectivity index (χ2v) is 4.15. The lowest BCUT2D eigenvalue weighted by atomic mass is 10.1. The molecule has 0 fully saturated rings. The van der Waals surface area contributed by atoms with Crippen molar-refractivity contribution in [2.75, 3.05) is 19.7 Å². The number of nitrogens with one attached hydrogen (secondary N) is 1. The molecule has 0 saturated heterocycles. The van der Waals surface area contributed by atoms with Crippen molar-refractivity contribution < 1.29 is 13.9 Å². The average molecular weight is 243 g/mol. The van der Waals surface area contributed by atoms with Crippen molar-refractivity contribution in [2.24, 2.45) is 5.92 Å². The van der Waals surface area contributed by atoms with Crippen LogP contribution in [-0.4, -0.2) is 24.8 Å². The van der Waals surface area contributed by atoms with Crippen LogP contribution in [0.4, 0.5) is 8.78 Å². The zero-order chi connectivity index (χ0) is 12.7. The van der Waals surface area contributed by atoms with Gasteiger partial charge in [0.1, 0.15) is 11.6 Å². The van der Waals surface area contributed by atoms with E-state index in [1.807, 2.05) is 6.92 Å². The van der Waals surface area contributed by atoms with Gasteiger partial charge in [0, 0.05) is 13.2 Å². The van der Waals surface area contributed by atoms with Crippen LogP contribution in [0.25, 0.3) is 0 Å². The van der Waals surface area contributed by atoms with E-state index in [0.717, 1.165) is 18.6 Å². The predicted octanol–water partition coefficient (Wildman–Crippen LogP) is 2.12. The molecule has 4 heteroatoms. The number of benzene rings is 1. The van der Waals surface area contributed by atoms with Crippen LogP contribution in [0, 0.1) is 17.6 Å². The Morgan fingerprint density at radius 1 is 1.35 bits per heavy atom. The monoisotopic (exact) mass is 243 g/mol. The van der Waals surface area contributed by atoms with E-state index in [4.69, 9.17) is 5.11 Å². The van der Waals surface area contributed by atoms with Crippen LogP contribution in [0.5, 0.6) is 0 Å². The molecule has 1 rings (SSSR count). The van der Waals surface area contributed by atoms with E-state index in [2.05, 4.69) is 5.32 Å². The van der Waals surface area contributed by atoms with Gasteiger partial charge in [0.15, 0.2) is 0 Å². The second kappa shape index (κ2) is 7.35. The number of hydrogen-bond donors (Lipinski definition) is 2. The number of aliphatic hydroxyl groups excluding tert-OH is 1. The Kier molecular flexibility index (Phi) is 6.08. The van der Waals surface area contributed by atoms with Crippen LogP contribution in [0.15, 0.2) is 18.2 Å². The first kappa shape index (κ1) is 14.1. The van der Waals surface area contributed by atoms with Gasteiger partial charge in [-0.2, -0.15) is 0 Å². The molecule has 0 bridgehead atoms. The Morgan fingerprint density at radius 2 is 2.12 bits per heavy atom. The molecule has 1 aromatic rings. The van der Waals surface area contributed by atoms with E-state index >= 15 is 0 Å². The first-order valence-corrected chi connectivity index (χ1v) is 5.92. The molecule has 0 spiro atoms. The maximum Gasteiger partial charge on any atom is 0.126 e. The van der Waals surface area contributed by atoms with Crippen molar-refractivity contribution in [3.63, 3.8) is 0 Å². The van der Waals surface area contributed by atoms with Crippen molar-refractivity contribution in [3.05, 3.63) is 35.4 Å². The fraction of sp³-hybridized carbons (Fsp3) is 0.538. The third-order valence-corrected chi connectivity index (χ3v) is 2.85. The van der Waals surface area contributed by atoms with E-state index in [9.17, 15) is 8.78 Å². The van der Waals surface area contributed by atoms with Crippen LogP contribution < -0.4 is 5.32 Å². The number of aliphatic hydroxyl groups is 1. The zero-order valence-corrected chi connectivity index (χ0v) is 10.0. The van der Waals surface area contributed by atoms with E-state index < -0.39 is 5.82 Å². The normalized spacial score (nSPS) is 12.7. The SMILES string of the molecule is CCC(CO)CNCCc1cc(F)ccc1F. The largest absolute Gasteiger partial charge is 0.396 e. The highest BCUT2D eigenvalue weighted by Crippen LogP contribution is 2.09. The molecule has 2 nitrogen and oxygen atoms in total. The van der Waals surface area contributed by atoms with Crippen LogP contribution in [0.1, 0.15) is 18.9 Å². The molecule has 96 valence electrons. The molecule has 0 saturated carbocycles. The first-order chi connectivity index (χ1) is 8.17. The summed E-state index contributed by atoms with van der Waals surface area (Å²) in [6.07, 6.45) is 1.35. The summed E-state index contributed by atoms with van der Waals surface area (Å²) in [6.45, 7) is 3.44. The third kappa shape index (κ3) is 4.79. The Bertz CT molecular complexity index is 340. The Balaban J connectivity index is 2.33. The molecule has 0 aromatic heterocycles. The highest BCUT2D eigenvalue weighted by molar-refractivity contribution is 5.18. The number of halogens is 2. The molecule has 1 unspecified atom stereocenters. The van der Waals surface area contributed by atoms with Crippen molar-refractivity contribution in [3.8, 4) is 0 Å². The van der Waals surface area contributed by atoms with E-state index in [-0.39, 0.29) is 18.3 Å². The van der Waals surface area contributed by atoms with Gasteiger partial charge < -0.3 is 10.4 Å². The quantitative estimate of drug-likeness (QED) is 0.719. The lowest BCUT2D eigenvalue weighted by Crippen LogP contribution is -2.26. The van der Waals surface area contributed by atoms with E-state index in [1.54, 1.807) is 0 Å². The topological polar surface area (TPSA) is 32.3 Å². The molecule has 1 aromatic carbocycles. The molecule has 0 radical (unpaired) electrons.